The molecule has 24 heavy (non-hydrogen) atoms. The molecule has 0 radical (unpaired) electrons. The van der Waals surface area contributed by atoms with Gasteiger partial charge in [0.15, 0.2) is 5.96 Å². The molecule has 1 saturated heterocycles. The van der Waals surface area contributed by atoms with Crippen LogP contribution in [-0.4, -0.2) is 42.9 Å². The lowest BCUT2D eigenvalue weighted by Crippen LogP contribution is -2.40. The van der Waals surface area contributed by atoms with E-state index in [-0.39, 0.29) is 29.9 Å². The molecule has 0 unspecified atom stereocenters. The molecule has 7 heteroatoms. The fourth-order valence-electron chi connectivity index (χ4n) is 2.83. The summed E-state index contributed by atoms with van der Waals surface area (Å²) in [7, 11) is 0. The van der Waals surface area contributed by atoms with Crippen molar-refractivity contribution in [2.45, 2.75) is 39.7 Å². The van der Waals surface area contributed by atoms with Crippen molar-refractivity contribution in [3.63, 3.8) is 0 Å². The maximum atomic E-state index is 11.3. The second kappa shape index (κ2) is 11.3. The van der Waals surface area contributed by atoms with Crippen molar-refractivity contribution >= 4 is 35.8 Å². The fraction of sp³-hybridized carbons (Fsp3) is 0.647. The molecule has 1 aliphatic rings. The number of nitrogens with one attached hydrogen (secondary N) is 2. The lowest BCUT2D eigenvalue weighted by molar-refractivity contribution is -0.130. The Kier molecular flexibility index (Phi) is 9.82. The summed E-state index contributed by atoms with van der Waals surface area (Å²) >= 11 is 0. The third kappa shape index (κ3) is 7.11. The SMILES string of the molecule is CCNC(=NCc1ccco1)NCCC1CCN(C(C)=O)CC1.I. The van der Waals surface area contributed by atoms with Crippen LogP contribution < -0.4 is 10.6 Å². The number of rotatable bonds is 6. The Bertz CT molecular complexity index is 497. The van der Waals surface area contributed by atoms with E-state index in [1.165, 1.54) is 0 Å². The Morgan fingerprint density at radius 3 is 2.71 bits per heavy atom. The number of carbonyl (C=O) groups excluding carboxylic acids is 1. The summed E-state index contributed by atoms with van der Waals surface area (Å²) in [4.78, 5) is 17.8. The van der Waals surface area contributed by atoms with E-state index in [0.29, 0.717) is 12.5 Å². The molecular weight excluding hydrogens is 419 g/mol. The zero-order valence-electron chi connectivity index (χ0n) is 14.6. The average molecular weight is 448 g/mol. The second-order valence-corrected chi connectivity index (χ2v) is 5.94. The third-order valence-corrected chi connectivity index (χ3v) is 4.22. The first-order chi connectivity index (χ1) is 11.2. The molecule has 1 amide bonds. The molecule has 0 spiro atoms. The predicted molar refractivity (Wildman–Crippen MR) is 107 cm³/mol. The number of hydrogen-bond acceptors (Lipinski definition) is 3. The molecule has 136 valence electrons. The molecule has 0 bridgehead atoms. The van der Waals surface area contributed by atoms with Gasteiger partial charge in [-0.15, -0.1) is 24.0 Å². The van der Waals surface area contributed by atoms with E-state index < -0.39 is 0 Å². The van der Waals surface area contributed by atoms with Gasteiger partial charge in [-0.1, -0.05) is 0 Å². The number of furan rings is 1. The highest BCUT2D eigenvalue weighted by Gasteiger charge is 2.20. The Labute approximate surface area is 161 Å². The number of hydrogen-bond donors (Lipinski definition) is 2. The highest BCUT2D eigenvalue weighted by Crippen LogP contribution is 2.19. The van der Waals surface area contributed by atoms with Gasteiger partial charge in [0.2, 0.25) is 5.91 Å². The molecule has 0 saturated carbocycles. The van der Waals surface area contributed by atoms with E-state index in [2.05, 4.69) is 22.5 Å². The van der Waals surface area contributed by atoms with Crippen molar-refractivity contribution in [1.29, 1.82) is 0 Å². The molecule has 2 N–H and O–H groups in total. The molecule has 1 aromatic rings. The summed E-state index contributed by atoms with van der Waals surface area (Å²) in [6.45, 7) is 7.77. The predicted octanol–water partition coefficient (Wildman–Crippen LogP) is 2.60. The monoisotopic (exact) mass is 448 g/mol. The molecule has 1 aliphatic heterocycles. The van der Waals surface area contributed by atoms with Crippen LogP contribution in [0.3, 0.4) is 0 Å². The summed E-state index contributed by atoms with van der Waals surface area (Å²) in [6, 6.07) is 3.80. The van der Waals surface area contributed by atoms with Crippen LogP contribution in [0.4, 0.5) is 0 Å². The molecule has 0 aromatic carbocycles. The molecule has 1 aromatic heterocycles. The zero-order valence-corrected chi connectivity index (χ0v) is 16.9. The van der Waals surface area contributed by atoms with Crippen LogP contribution in [0.5, 0.6) is 0 Å². The molecule has 0 atom stereocenters. The Morgan fingerprint density at radius 2 is 2.12 bits per heavy atom. The second-order valence-electron chi connectivity index (χ2n) is 5.94. The highest BCUT2D eigenvalue weighted by molar-refractivity contribution is 14.0. The van der Waals surface area contributed by atoms with E-state index in [1.807, 2.05) is 17.0 Å². The summed E-state index contributed by atoms with van der Waals surface area (Å²) < 4.78 is 5.30. The number of nitrogens with zero attached hydrogens (tertiary/aromatic N) is 2. The third-order valence-electron chi connectivity index (χ3n) is 4.22. The van der Waals surface area contributed by atoms with Crippen molar-refractivity contribution in [3.8, 4) is 0 Å². The first-order valence-corrected chi connectivity index (χ1v) is 8.49. The normalized spacial score (nSPS) is 15.8. The van der Waals surface area contributed by atoms with Crippen molar-refractivity contribution in [1.82, 2.24) is 15.5 Å². The van der Waals surface area contributed by atoms with Gasteiger partial charge in [0.1, 0.15) is 12.3 Å². The van der Waals surface area contributed by atoms with E-state index in [9.17, 15) is 4.79 Å². The van der Waals surface area contributed by atoms with Crippen molar-refractivity contribution in [3.05, 3.63) is 24.2 Å². The van der Waals surface area contributed by atoms with Crippen LogP contribution in [0.1, 0.15) is 38.9 Å². The standard InChI is InChI=1S/C17H28N4O2.HI/c1-3-18-17(20-13-16-5-4-12-23-16)19-9-6-15-7-10-21(11-8-15)14(2)22;/h4-5,12,15H,3,6-11,13H2,1-2H3,(H2,18,19,20);1H. The maximum Gasteiger partial charge on any atom is 0.219 e. The number of guanidine groups is 1. The summed E-state index contributed by atoms with van der Waals surface area (Å²) in [5, 5.41) is 6.63. The quantitative estimate of drug-likeness (QED) is 0.399. The number of carbonyl (C=O) groups is 1. The summed E-state index contributed by atoms with van der Waals surface area (Å²) in [5.74, 6) is 2.57. The van der Waals surface area contributed by atoms with Gasteiger partial charge < -0.3 is 20.0 Å². The Balaban J connectivity index is 0.00000288. The summed E-state index contributed by atoms with van der Waals surface area (Å²) in [5.41, 5.74) is 0. The van der Waals surface area contributed by atoms with Gasteiger partial charge in [0.25, 0.3) is 0 Å². The van der Waals surface area contributed by atoms with Gasteiger partial charge >= 0.3 is 0 Å². The maximum absolute atomic E-state index is 11.3. The fourth-order valence-corrected chi connectivity index (χ4v) is 2.83. The Hall–Kier alpha value is -1.25. The molecule has 6 nitrogen and oxygen atoms in total. The molecule has 2 rings (SSSR count). The number of aliphatic imine (C=N–C) groups is 1. The minimum atomic E-state index is 0. The molecule has 2 heterocycles. The van der Waals surface area contributed by atoms with E-state index in [0.717, 1.165) is 57.2 Å². The van der Waals surface area contributed by atoms with Gasteiger partial charge in [0, 0.05) is 33.1 Å². The van der Waals surface area contributed by atoms with Gasteiger partial charge in [-0.05, 0) is 44.2 Å². The smallest absolute Gasteiger partial charge is 0.219 e. The molecular formula is C17H29IN4O2. The van der Waals surface area contributed by atoms with Crippen LogP contribution in [0.15, 0.2) is 27.8 Å². The number of amides is 1. The van der Waals surface area contributed by atoms with Gasteiger partial charge in [-0.2, -0.15) is 0 Å². The van der Waals surface area contributed by atoms with Crippen LogP contribution in [-0.2, 0) is 11.3 Å². The lowest BCUT2D eigenvalue weighted by atomic mass is 9.93. The first kappa shape index (κ1) is 20.8. The minimum absolute atomic E-state index is 0. The largest absolute Gasteiger partial charge is 0.467 e. The Morgan fingerprint density at radius 1 is 1.38 bits per heavy atom. The van der Waals surface area contributed by atoms with E-state index >= 15 is 0 Å². The van der Waals surface area contributed by atoms with Gasteiger partial charge in [-0.25, -0.2) is 4.99 Å². The van der Waals surface area contributed by atoms with Crippen LogP contribution >= 0.6 is 24.0 Å². The van der Waals surface area contributed by atoms with Crippen molar-refractivity contribution < 1.29 is 9.21 Å². The minimum Gasteiger partial charge on any atom is -0.467 e. The van der Waals surface area contributed by atoms with Crippen molar-refractivity contribution in [2.24, 2.45) is 10.9 Å². The summed E-state index contributed by atoms with van der Waals surface area (Å²) in [6.07, 6.45) is 4.97. The van der Waals surface area contributed by atoms with E-state index in [4.69, 9.17) is 4.42 Å². The van der Waals surface area contributed by atoms with E-state index in [1.54, 1.807) is 13.2 Å². The van der Waals surface area contributed by atoms with Crippen LogP contribution in [0.25, 0.3) is 0 Å². The zero-order chi connectivity index (χ0) is 16.5. The topological polar surface area (TPSA) is 69.9 Å². The van der Waals surface area contributed by atoms with Crippen LogP contribution in [0, 0.1) is 5.92 Å². The number of likely N-dealkylation sites (tertiary alicyclic amines) is 1. The van der Waals surface area contributed by atoms with Gasteiger partial charge in [0.05, 0.1) is 6.26 Å². The lowest BCUT2D eigenvalue weighted by Gasteiger charge is -2.31. The van der Waals surface area contributed by atoms with Gasteiger partial charge in [-0.3, -0.25) is 4.79 Å². The highest BCUT2D eigenvalue weighted by atomic mass is 127. The van der Waals surface area contributed by atoms with Crippen LogP contribution in [0.2, 0.25) is 0 Å². The number of halogens is 1. The number of piperidine rings is 1. The first-order valence-electron chi connectivity index (χ1n) is 8.49. The average Bonchev–Trinajstić information content (AvgIpc) is 3.06. The molecule has 1 fully saturated rings. The molecule has 0 aliphatic carbocycles. The van der Waals surface area contributed by atoms with Crippen molar-refractivity contribution in [2.75, 3.05) is 26.2 Å².